The molecule has 0 heterocycles. The zero-order valence-corrected chi connectivity index (χ0v) is 13.0. The van der Waals surface area contributed by atoms with Crippen LogP contribution < -0.4 is 0 Å². The van der Waals surface area contributed by atoms with Crippen molar-refractivity contribution in [3.63, 3.8) is 0 Å². The van der Waals surface area contributed by atoms with Crippen molar-refractivity contribution in [2.24, 2.45) is 5.92 Å². The van der Waals surface area contributed by atoms with E-state index in [4.69, 9.17) is 0 Å². The van der Waals surface area contributed by atoms with E-state index in [-0.39, 0.29) is 0 Å². The average molecular weight is 256 g/mol. The predicted octanol–water partition coefficient (Wildman–Crippen LogP) is 6.00. The maximum atomic E-state index is 2.31. The lowest BCUT2D eigenvalue weighted by atomic mass is 9.85. The highest BCUT2D eigenvalue weighted by atomic mass is 31.1. The van der Waals surface area contributed by atoms with Gasteiger partial charge in [0.2, 0.25) is 0 Å². The fraction of sp³-hybridized carbons (Fsp3) is 1.00. The van der Waals surface area contributed by atoms with Crippen LogP contribution in [0.2, 0.25) is 0 Å². The summed E-state index contributed by atoms with van der Waals surface area (Å²) in [5.41, 5.74) is 0. The topological polar surface area (TPSA) is 0 Å². The summed E-state index contributed by atoms with van der Waals surface area (Å²) < 4.78 is 0. The Labute approximate surface area is 111 Å². The van der Waals surface area contributed by atoms with Crippen molar-refractivity contribution in [3.8, 4) is 0 Å². The van der Waals surface area contributed by atoms with Crippen LogP contribution in [0.15, 0.2) is 0 Å². The maximum absolute atomic E-state index is 2.31. The summed E-state index contributed by atoms with van der Waals surface area (Å²) in [6, 6.07) is 0. The van der Waals surface area contributed by atoms with Gasteiger partial charge in [0, 0.05) is 0 Å². The minimum absolute atomic E-state index is 1.11. The van der Waals surface area contributed by atoms with E-state index in [0.29, 0.717) is 0 Å². The van der Waals surface area contributed by atoms with E-state index in [0.717, 1.165) is 5.92 Å². The van der Waals surface area contributed by atoms with E-state index in [1.54, 1.807) is 0 Å². The van der Waals surface area contributed by atoms with Crippen LogP contribution >= 0.6 is 8.58 Å². The third kappa shape index (κ3) is 9.06. The second-order valence-corrected chi connectivity index (χ2v) is 7.47. The molecule has 0 bridgehead atoms. The zero-order chi connectivity index (χ0) is 12.2. The molecule has 0 aromatic heterocycles. The summed E-state index contributed by atoms with van der Waals surface area (Å²) >= 11 is 0. The van der Waals surface area contributed by atoms with Crippen LogP contribution in [0, 0.1) is 5.92 Å². The summed E-state index contributed by atoms with van der Waals surface area (Å²) in [6.07, 6.45) is 21.1. The van der Waals surface area contributed by atoms with E-state index in [1.807, 2.05) is 0 Å². The first-order chi connectivity index (χ1) is 8.43. The minimum Gasteiger partial charge on any atom is -0.122 e. The molecule has 0 aromatic rings. The molecule has 1 saturated carbocycles. The Kier molecular flexibility index (Phi) is 10.5. The molecule has 0 nitrogen and oxygen atoms in total. The predicted molar refractivity (Wildman–Crippen MR) is 82.6 cm³/mol. The third-order valence-corrected chi connectivity index (χ3v) is 5.40. The Morgan fingerprint density at radius 3 is 2.18 bits per heavy atom. The molecular formula is C16H33P. The first kappa shape index (κ1) is 15.5. The third-order valence-electron chi connectivity index (χ3n) is 4.19. The van der Waals surface area contributed by atoms with Crippen molar-refractivity contribution in [2.75, 3.05) is 12.3 Å². The van der Waals surface area contributed by atoms with Crippen LogP contribution in [0.1, 0.15) is 84.0 Å². The Morgan fingerprint density at radius 2 is 1.47 bits per heavy atom. The Morgan fingerprint density at radius 1 is 0.824 bits per heavy atom. The standard InChI is InChI=1S/C16H33P/c1-2-17-15-11-6-4-3-5-8-12-16-13-9-7-10-14-16/h16-17H,2-15H2,1H3. The van der Waals surface area contributed by atoms with E-state index >= 15 is 0 Å². The number of hydrogen-bond donors (Lipinski definition) is 0. The quantitative estimate of drug-likeness (QED) is 0.332. The lowest BCUT2D eigenvalue weighted by Gasteiger charge is -2.21. The molecule has 1 aliphatic carbocycles. The lowest BCUT2D eigenvalue weighted by Crippen LogP contribution is -2.05. The normalized spacial score (nSPS) is 18.2. The molecule has 1 heteroatoms. The fourth-order valence-corrected chi connectivity index (χ4v) is 3.90. The highest BCUT2D eigenvalue weighted by Crippen LogP contribution is 2.28. The Hall–Kier alpha value is 0.430. The summed E-state index contributed by atoms with van der Waals surface area (Å²) in [6.45, 7) is 2.31. The van der Waals surface area contributed by atoms with E-state index in [2.05, 4.69) is 6.92 Å². The van der Waals surface area contributed by atoms with Gasteiger partial charge in [0.25, 0.3) is 0 Å². The minimum atomic E-state index is 1.11. The van der Waals surface area contributed by atoms with Gasteiger partial charge in [-0.3, -0.25) is 0 Å². The van der Waals surface area contributed by atoms with Gasteiger partial charge in [0.05, 0.1) is 0 Å². The van der Waals surface area contributed by atoms with Crippen molar-refractivity contribution in [2.45, 2.75) is 84.0 Å². The SMILES string of the molecule is CCPCCCCCCCCC1CCCCC1. The Bertz CT molecular complexity index is 150. The second-order valence-electron chi connectivity index (χ2n) is 5.77. The molecule has 0 spiro atoms. The number of hydrogen-bond acceptors (Lipinski definition) is 0. The van der Waals surface area contributed by atoms with Gasteiger partial charge in [-0.1, -0.05) is 77.6 Å². The summed E-state index contributed by atoms with van der Waals surface area (Å²) in [4.78, 5) is 0. The Balaban J connectivity index is 1.75. The van der Waals surface area contributed by atoms with Gasteiger partial charge in [-0.05, 0) is 24.7 Å². The van der Waals surface area contributed by atoms with Crippen molar-refractivity contribution in [1.82, 2.24) is 0 Å². The molecule has 0 aliphatic heterocycles. The summed E-state index contributed by atoms with van der Waals surface area (Å²) in [7, 11) is 1.23. The second kappa shape index (κ2) is 11.5. The molecule has 0 N–H and O–H groups in total. The molecular weight excluding hydrogens is 223 g/mol. The summed E-state index contributed by atoms with van der Waals surface area (Å²) in [5, 5.41) is 0. The highest BCUT2D eigenvalue weighted by Gasteiger charge is 2.12. The molecule has 0 saturated heterocycles. The molecule has 0 aromatic carbocycles. The monoisotopic (exact) mass is 256 g/mol. The van der Waals surface area contributed by atoms with Crippen LogP contribution in [-0.4, -0.2) is 12.3 Å². The van der Waals surface area contributed by atoms with Gasteiger partial charge >= 0.3 is 0 Å². The van der Waals surface area contributed by atoms with Gasteiger partial charge in [0.15, 0.2) is 0 Å². The van der Waals surface area contributed by atoms with Gasteiger partial charge in [-0.25, -0.2) is 0 Å². The number of rotatable bonds is 10. The lowest BCUT2D eigenvalue weighted by molar-refractivity contribution is 0.328. The van der Waals surface area contributed by atoms with Crippen LogP contribution in [0.4, 0.5) is 0 Å². The molecule has 1 fully saturated rings. The van der Waals surface area contributed by atoms with Crippen molar-refractivity contribution < 1.29 is 0 Å². The van der Waals surface area contributed by atoms with Gasteiger partial charge < -0.3 is 0 Å². The molecule has 1 unspecified atom stereocenters. The maximum Gasteiger partial charge on any atom is -0.0354 e. The van der Waals surface area contributed by atoms with Crippen molar-refractivity contribution in [1.29, 1.82) is 0 Å². The van der Waals surface area contributed by atoms with Crippen LogP contribution in [0.3, 0.4) is 0 Å². The molecule has 0 amide bonds. The van der Waals surface area contributed by atoms with Crippen LogP contribution in [0.5, 0.6) is 0 Å². The fourth-order valence-electron chi connectivity index (χ4n) is 3.04. The van der Waals surface area contributed by atoms with Crippen LogP contribution in [0.25, 0.3) is 0 Å². The smallest absolute Gasteiger partial charge is 0.0354 e. The number of unbranched alkanes of at least 4 members (excludes halogenated alkanes) is 5. The first-order valence-corrected chi connectivity index (χ1v) is 9.55. The molecule has 1 aliphatic rings. The zero-order valence-electron chi connectivity index (χ0n) is 12.0. The molecule has 102 valence electrons. The van der Waals surface area contributed by atoms with Crippen LogP contribution in [-0.2, 0) is 0 Å². The van der Waals surface area contributed by atoms with Gasteiger partial charge in [-0.15, -0.1) is 8.58 Å². The van der Waals surface area contributed by atoms with E-state index < -0.39 is 0 Å². The molecule has 17 heavy (non-hydrogen) atoms. The van der Waals surface area contributed by atoms with Crippen molar-refractivity contribution >= 4 is 8.58 Å². The van der Waals surface area contributed by atoms with Gasteiger partial charge in [-0.2, -0.15) is 0 Å². The summed E-state index contributed by atoms with van der Waals surface area (Å²) in [5.74, 6) is 1.11. The average Bonchev–Trinajstić information content (AvgIpc) is 2.38. The molecule has 1 atom stereocenters. The van der Waals surface area contributed by atoms with E-state index in [9.17, 15) is 0 Å². The highest BCUT2D eigenvalue weighted by molar-refractivity contribution is 7.37. The molecule has 1 rings (SSSR count). The van der Waals surface area contributed by atoms with Crippen molar-refractivity contribution in [3.05, 3.63) is 0 Å². The largest absolute Gasteiger partial charge is 0.122 e. The van der Waals surface area contributed by atoms with E-state index in [1.165, 1.54) is 98.0 Å². The molecule has 0 radical (unpaired) electrons. The van der Waals surface area contributed by atoms with Gasteiger partial charge in [0.1, 0.15) is 0 Å². The first-order valence-electron chi connectivity index (χ1n) is 8.14.